The number of nitrogens with one attached hydrogen (secondary N) is 1. The van der Waals surface area contributed by atoms with Gasteiger partial charge in [-0.3, -0.25) is 0 Å². The Morgan fingerprint density at radius 3 is 2.93 bits per heavy atom. The highest BCUT2D eigenvalue weighted by atomic mass is 79.9. The molecule has 1 atom stereocenters. The lowest BCUT2D eigenvalue weighted by molar-refractivity contribution is 0.775. The minimum Gasteiger partial charge on any atom is -0.368 e. The van der Waals surface area contributed by atoms with Gasteiger partial charge in [-0.15, -0.1) is 0 Å². The quantitative estimate of drug-likeness (QED) is 0.611. The standard InChI is InChI=1S/C10H8BrCl2N/c11-5-8-3-6-1-2-7(12)4-9(6)10(13)14-8/h1-4,10,14H,5H2. The number of benzene rings is 1. The zero-order chi connectivity index (χ0) is 10.1. The number of halogens is 3. The molecular formula is C10H8BrCl2N. The fourth-order valence-corrected chi connectivity index (χ4v) is 2.28. The Hall–Kier alpha value is -0.180. The van der Waals surface area contributed by atoms with E-state index in [1.165, 1.54) is 0 Å². The molecule has 0 fully saturated rings. The zero-order valence-corrected chi connectivity index (χ0v) is 10.3. The van der Waals surface area contributed by atoms with E-state index in [0.29, 0.717) is 5.02 Å². The molecule has 1 aromatic rings. The molecule has 4 heteroatoms. The van der Waals surface area contributed by atoms with Crippen molar-refractivity contribution in [3.8, 4) is 0 Å². The SMILES string of the molecule is Clc1ccc2c(c1)C(Cl)NC(CBr)=C2. The Morgan fingerprint density at radius 1 is 1.43 bits per heavy atom. The highest BCUT2D eigenvalue weighted by molar-refractivity contribution is 9.09. The van der Waals surface area contributed by atoms with Crippen LogP contribution in [-0.4, -0.2) is 5.33 Å². The second kappa shape index (κ2) is 4.13. The average Bonchev–Trinajstić information content (AvgIpc) is 2.19. The summed E-state index contributed by atoms with van der Waals surface area (Å²) in [5.41, 5.74) is 3.05. The van der Waals surface area contributed by atoms with Crippen LogP contribution in [0.3, 0.4) is 0 Å². The molecule has 0 bridgehead atoms. The lowest BCUT2D eigenvalue weighted by Gasteiger charge is -2.22. The number of hydrogen-bond donors (Lipinski definition) is 1. The molecule has 1 nitrogen and oxygen atoms in total. The minimum absolute atomic E-state index is 0.193. The molecule has 0 aliphatic carbocycles. The second-order valence-corrected chi connectivity index (χ2v) is 4.52. The van der Waals surface area contributed by atoms with Crippen LogP contribution >= 0.6 is 39.1 Å². The van der Waals surface area contributed by atoms with Gasteiger partial charge in [-0.1, -0.05) is 45.2 Å². The third-order valence-electron chi connectivity index (χ3n) is 2.11. The fourth-order valence-electron chi connectivity index (χ4n) is 1.44. The predicted octanol–water partition coefficient (Wildman–Crippen LogP) is 3.92. The van der Waals surface area contributed by atoms with E-state index in [1.54, 1.807) is 0 Å². The van der Waals surface area contributed by atoms with E-state index in [-0.39, 0.29) is 5.50 Å². The summed E-state index contributed by atoms with van der Waals surface area (Å²) in [4.78, 5) is 0. The van der Waals surface area contributed by atoms with E-state index in [4.69, 9.17) is 23.2 Å². The van der Waals surface area contributed by atoms with Crippen LogP contribution in [0.15, 0.2) is 23.9 Å². The third kappa shape index (κ3) is 1.92. The van der Waals surface area contributed by atoms with Crippen LogP contribution in [0.25, 0.3) is 6.08 Å². The summed E-state index contributed by atoms with van der Waals surface area (Å²) < 4.78 is 0. The summed E-state index contributed by atoms with van der Waals surface area (Å²) in [6.07, 6.45) is 2.07. The predicted molar refractivity (Wildman–Crippen MR) is 65.0 cm³/mol. The minimum atomic E-state index is -0.193. The summed E-state index contributed by atoms with van der Waals surface area (Å²) in [6.45, 7) is 0. The van der Waals surface area contributed by atoms with Gasteiger partial charge in [0.2, 0.25) is 0 Å². The topological polar surface area (TPSA) is 12.0 Å². The molecule has 14 heavy (non-hydrogen) atoms. The van der Waals surface area contributed by atoms with Gasteiger partial charge in [0, 0.05) is 16.0 Å². The van der Waals surface area contributed by atoms with Gasteiger partial charge in [0.25, 0.3) is 0 Å². The number of allylic oxidation sites excluding steroid dienone is 1. The van der Waals surface area contributed by atoms with Crippen LogP contribution in [0.1, 0.15) is 16.6 Å². The number of fused-ring (bicyclic) bond motifs is 1. The Kier molecular flexibility index (Phi) is 3.05. The van der Waals surface area contributed by atoms with Crippen molar-refractivity contribution in [2.24, 2.45) is 0 Å². The van der Waals surface area contributed by atoms with Gasteiger partial charge >= 0.3 is 0 Å². The molecule has 1 heterocycles. The number of rotatable bonds is 1. The van der Waals surface area contributed by atoms with E-state index in [1.807, 2.05) is 18.2 Å². The molecule has 0 spiro atoms. The molecule has 0 saturated carbocycles. The summed E-state index contributed by atoms with van der Waals surface area (Å²) in [7, 11) is 0. The van der Waals surface area contributed by atoms with Gasteiger partial charge < -0.3 is 5.32 Å². The van der Waals surface area contributed by atoms with Crippen LogP contribution in [0.5, 0.6) is 0 Å². The summed E-state index contributed by atoms with van der Waals surface area (Å²) >= 11 is 15.4. The summed E-state index contributed by atoms with van der Waals surface area (Å²) in [5, 5.41) is 4.66. The van der Waals surface area contributed by atoms with E-state index in [9.17, 15) is 0 Å². The van der Waals surface area contributed by atoms with Crippen molar-refractivity contribution in [1.82, 2.24) is 5.32 Å². The average molecular weight is 293 g/mol. The van der Waals surface area contributed by atoms with Crippen molar-refractivity contribution in [3.63, 3.8) is 0 Å². The molecular weight excluding hydrogens is 285 g/mol. The van der Waals surface area contributed by atoms with E-state index in [2.05, 4.69) is 27.3 Å². The lowest BCUT2D eigenvalue weighted by Crippen LogP contribution is -2.21. The monoisotopic (exact) mass is 291 g/mol. The van der Waals surface area contributed by atoms with E-state index >= 15 is 0 Å². The first-order chi connectivity index (χ1) is 6.70. The van der Waals surface area contributed by atoms with E-state index < -0.39 is 0 Å². The molecule has 1 unspecified atom stereocenters. The molecule has 1 aromatic carbocycles. The second-order valence-electron chi connectivity index (χ2n) is 3.08. The molecule has 0 saturated heterocycles. The van der Waals surface area contributed by atoms with Gasteiger partial charge in [-0.2, -0.15) is 0 Å². The van der Waals surface area contributed by atoms with Gasteiger partial charge in [0.1, 0.15) is 5.50 Å². The normalized spacial score (nSPS) is 19.6. The van der Waals surface area contributed by atoms with Gasteiger partial charge in [-0.05, 0) is 29.3 Å². The zero-order valence-electron chi connectivity index (χ0n) is 7.23. The molecule has 1 N–H and O–H groups in total. The number of alkyl halides is 2. The molecule has 74 valence electrons. The smallest absolute Gasteiger partial charge is 0.127 e. The van der Waals surface area contributed by atoms with Crippen molar-refractivity contribution < 1.29 is 0 Å². The fraction of sp³-hybridized carbons (Fsp3) is 0.200. The Balaban J connectivity index is 2.49. The Morgan fingerprint density at radius 2 is 2.21 bits per heavy atom. The molecule has 0 amide bonds. The highest BCUT2D eigenvalue weighted by Gasteiger charge is 2.17. The maximum absolute atomic E-state index is 6.16. The molecule has 0 aromatic heterocycles. The van der Waals surface area contributed by atoms with Crippen molar-refractivity contribution in [3.05, 3.63) is 40.0 Å². The number of hydrogen-bond acceptors (Lipinski definition) is 1. The van der Waals surface area contributed by atoms with Gasteiger partial charge in [-0.25, -0.2) is 0 Å². The van der Waals surface area contributed by atoms with Crippen LogP contribution in [0.2, 0.25) is 5.02 Å². The summed E-state index contributed by atoms with van der Waals surface area (Å²) in [5.74, 6) is 0. The maximum atomic E-state index is 6.16. The third-order valence-corrected chi connectivity index (χ3v) is 3.29. The highest BCUT2D eigenvalue weighted by Crippen LogP contribution is 2.31. The van der Waals surface area contributed by atoms with Crippen molar-refractivity contribution >= 4 is 45.2 Å². The largest absolute Gasteiger partial charge is 0.368 e. The van der Waals surface area contributed by atoms with Crippen molar-refractivity contribution in [2.75, 3.05) is 5.33 Å². The maximum Gasteiger partial charge on any atom is 0.127 e. The Bertz CT molecular complexity index is 390. The van der Waals surface area contributed by atoms with Crippen LogP contribution in [0.4, 0.5) is 0 Å². The molecule has 0 radical (unpaired) electrons. The first-order valence-electron chi connectivity index (χ1n) is 4.17. The first kappa shape index (κ1) is 10.3. The molecule has 1 aliphatic rings. The Labute approximate surface area is 101 Å². The summed E-state index contributed by atoms with van der Waals surface area (Å²) in [6, 6.07) is 5.75. The van der Waals surface area contributed by atoms with Crippen LogP contribution in [-0.2, 0) is 0 Å². The van der Waals surface area contributed by atoms with Gasteiger partial charge in [0.15, 0.2) is 0 Å². The van der Waals surface area contributed by atoms with Crippen molar-refractivity contribution in [1.29, 1.82) is 0 Å². The van der Waals surface area contributed by atoms with Crippen LogP contribution in [0, 0.1) is 0 Å². The van der Waals surface area contributed by atoms with E-state index in [0.717, 1.165) is 22.2 Å². The van der Waals surface area contributed by atoms with Gasteiger partial charge in [0.05, 0.1) is 0 Å². The van der Waals surface area contributed by atoms with Crippen LogP contribution < -0.4 is 5.32 Å². The molecule has 2 rings (SSSR count). The van der Waals surface area contributed by atoms with Crippen molar-refractivity contribution in [2.45, 2.75) is 5.50 Å². The molecule has 1 aliphatic heterocycles. The lowest BCUT2D eigenvalue weighted by atomic mass is 10.0. The first-order valence-corrected chi connectivity index (χ1v) is 6.11.